The molecule has 1 N–H and O–H groups in total. The number of nitrogens with zero attached hydrogens (tertiary/aromatic N) is 1. The first kappa shape index (κ1) is 18.4. The highest BCUT2D eigenvalue weighted by Crippen LogP contribution is 2.30. The van der Waals surface area contributed by atoms with Crippen molar-refractivity contribution in [1.82, 2.24) is 10.2 Å². The van der Waals surface area contributed by atoms with Crippen molar-refractivity contribution in [2.45, 2.75) is 19.0 Å². The van der Waals surface area contributed by atoms with Gasteiger partial charge in [-0.2, -0.15) is 0 Å². The van der Waals surface area contributed by atoms with Crippen molar-refractivity contribution < 1.29 is 14.3 Å². The molecule has 0 spiro atoms. The number of halogens is 1. The lowest BCUT2D eigenvalue weighted by atomic mass is 9.91. The number of carbonyl (C=O) groups is 2. The molecule has 0 unspecified atom stereocenters. The maximum atomic E-state index is 13.0. The van der Waals surface area contributed by atoms with E-state index in [1.807, 2.05) is 42.5 Å². The number of rotatable bonds is 6. The Hall–Kier alpha value is -2.37. The maximum absolute atomic E-state index is 13.0. The third-order valence-electron chi connectivity index (χ3n) is 4.52. The second kappa shape index (κ2) is 8.34. The normalized spacial score (nSPS) is 16.3. The molecule has 1 aliphatic heterocycles. The van der Waals surface area contributed by atoms with Gasteiger partial charge in [-0.1, -0.05) is 54.1 Å². The highest BCUT2D eigenvalue weighted by Gasteiger charge is 2.36. The maximum Gasteiger partial charge on any atom is 0.247 e. The predicted octanol–water partition coefficient (Wildman–Crippen LogP) is 2.73. The minimum absolute atomic E-state index is 0.0707. The van der Waals surface area contributed by atoms with E-state index in [1.54, 1.807) is 18.1 Å². The first-order chi connectivity index (χ1) is 12.6. The molecule has 136 valence electrons. The van der Waals surface area contributed by atoms with Crippen molar-refractivity contribution in [1.29, 1.82) is 0 Å². The summed E-state index contributed by atoms with van der Waals surface area (Å²) in [6, 6.07) is 14.3. The number of carbonyl (C=O) groups excluding carboxylic acids is 2. The monoisotopic (exact) mass is 372 g/mol. The Balaban J connectivity index is 1.84. The van der Waals surface area contributed by atoms with Crippen molar-refractivity contribution in [3.8, 4) is 0 Å². The lowest BCUT2D eigenvalue weighted by Crippen LogP contribution is -2.48. The SMILES string of the molecule is COCCN1C(=O)Cc2ccccc2[C@@H]1C(=O)NCc1ccccc1Cl. The molecule has 2 aromatic rings. The smallest absolute Gasteiger partial charge is 0.247 e. The summed E-state index contributed by atoms with van der Waals surface area (Å²) in [5, 5.41) is 3.52. The molecule has 1 aliphatic rings. The van der Waals surface area contributed by atoms with Gasteiger partial charge in [-0.05, 0) is 22.8 Å². The van der Waals surface area contributed by atoms with Gasteiger partial charge in [0.15, 0.2) is 0 Å². The molecule has 1 heterocycles. The topological polar surface area (TPSA) is 58.6 Å². The van der Waals surface area contributed by atoms with E-state index in [-0.39, 0.29) is 11.8 Å². The number of methoxy groups -OCH3 is 1. The number of hydrogen-bond donors (Lipinski definition) is 1. The van der Waals surface area contributed by atoms with Crippen molar-refractivity contribution in [2.24, 2.45) is 0 Å². The van der Waals surface area contributed by atoms with Crippen LogP contribution in [0.3, 0.4) is 0 Å². The van der Waals surface area contributed by atoms with Crippen LogP contribution in [0.2, 0.25) is 5.02 Å². The van der Waals surface area contributed by atoms with Gasteiger partial charge in [-0.3, -0.25) is 9.59 Å². The first-order valence-corrected chi connectivity index (χ1v) is 8.87. The van der Waals surface area contributed by atoms with Crippen LogP contribution in [0.1, 0.15) is 22.7 Å². The molecule has 3 rings (SSSR count). The summed E-state index contributed by atoms with van der Waals surface area (Å²) in [4.78, 5) is 27.1. The van der Waals surface area contributed by atoms with Gasteiger partial charge in [-0.25, -0.2) is 0 Å². The Labute approximate surface area is 157 Å². The van der Waals surface area contributed by atoms with Gasteiger partial charge >= 0.3 is 0 Å². The second-order valence-corrected chi connectivity index (χ2v) is 6.57. The summed E-state index contributed by atoms with van der Waals surface area (Å²) in [5.41, 5.74) is 2.59. The van der Waals surface area contributed by atoms with Crippen LogP contribution >= 0.6 is 11.6 Å². The van der Waals surface area contributed by atoms with E-state index in [4.69, 9.17) is 16.3 Å². The van der Waals surface area contributed by atoms with Crippen molar-refractivity contribution in [2.75, 3.05) is 20.3 Å². The number of ether oxygens (including phenoxy) is 1. The number of fused-ring (bicyclic) bond motifs is 1. The average molecular weight is 373 g/mol. The van der Waals surface area contributed by atoms with E-state index in [9.17, 15) is 9.59 Å². The zero-order valence-electron chi connectivity index (χ0n) is 14.6. The van der Waals surface area contributed by atoms with Gasteiger partial charge in [0.05, 0.1) is 13.0 Å². The second-order valence-electron chi connectivity index (χ2n) is 6.17. The van der Waals surface area contributed by atoms with Crippen molar-refractivity contribution in [3.63, 3.8) is 0 Å². The summed E-state index contributed by atoms with van der Waals surface area (Å²) in [5.74, 6) is -0.292. The Kier molecular flexibility index (Phi) is 5.91. The number of hydrogen-bond acceptors (Lipinski definition) is 3. The molecule has 6 heteroatoms. The molecule has 2 aromatic carbocycles. The summed E-state index contributed by atoms with van der Waals surface area (Å²) >= 11 is 6.16. The van der Waals surface area contributed by atoms with Gasteiger partial charge in [0.1, 0.15) is 6.04 Å². The number of benzene rings is 2. The van der Waals surface area contributed by atoms with Crippen LogP contribution in [0, 0.1) is 0 Å². The summed E-state index contributed by atoms with van der Waals surface area (Å²) in [6.07, 6.45) is 0.300. The van der Waals surface area contributed by atoms with Crippen LogP contribution in [-0.4, -0.2) is 37.0 Å². The number of nitrogens with one attached hydrogen (secondary N) is 1. The Morgan fingerprint density at radius 2 is 1.96 bits per heavy atom. The molecule has 5 nitrogen and oxygen atoms in total. The molecule has 0 aliphatic carbocycles. The van der Waals surface area contributed by atoms with Crippen LogP contribution < -0.4 is 5.32 Å². The molecule has 26 heavy (non-hydrogen) atoms. The minimum atomic E-state index is -0.662. The average Bonchev–Trinajstić information content (AvgIpc) is 2.65. The van der Waals surface area contributed by atoms with Crippen LogP contribution in [0.5, 0.6) is 0 Å². The minimum Gasteiger partial charge on any atom is -0.383 e. The zero-order valence-corrected chi connectivity index (χ0v) is 15.3. The molecular weight excluding hydrogens is 352 g/mol. The fourth-order valence-electron chi connectivity index (χ4n) is 3.19. The quantitative estimate of drug-likeness (QED) is 0.848. The van der Waals surface area contributed by atoms with E-state index in [0.717, 1.165) is 16.7 Å². The molecule has 0 saturated heterocycles. The molecular formula is C20H21ClN2O3. The molecule has 0 radical (unpaired) electrons. The van der Waals surface area contributed by atoms with Crippen LogP contribution in [0.25, 0.3) is 0 Å². The zero-order chi connectivity index (χ0) is 18.5. The Morgan fingerprint density at radius 1 is 1.23 bits per heavy atom. The van der Waals surface area contributed by atoms with Crippen LogP contribution in [0.15, 0.2) is 48.5 Å². The molecule has 2 amide bonds. The van der Waals surface area contributed by atoms with Crippen molar-refractivity contribution >= 4 is 23.4 Å². The predicted molar refractivity (Wildman–Crippen MR) is 99.8 cm³/mol. The van der Waals surface area contributed by atoms with Gasteiger partial charge in [0, 0.05) is 25.2 Å². The Bertz CT molecular complexity index is 809. The summed E-state index contributed by atoms with van der Waals surface area (Å²) < 4.78 is 5.11. The largest absolute Gasteiger partial charge is 0.383 e. The molecule has 0 fully saturated rings. The van der Waals surface area contributed by atoms with Crippen molar-refractivity contribution in [3.05, 3.63) is 70.2 Å². The van der Waals surface area contributed by atoms with Gasteiger partial charge < -0.3 is 15.0 Å². The standard InChI is InChI=1S/C20H21ClN2O3/c1-26-11-10-23-18(24)12-14-6-2-4-8-16(14)19(23)20(25)22-13-15-7-3-5-9-17(15)21/h2-9,19H,10-13H2,1H3,(H,22,25)/t19-/m1/s1. The third kappa shape index (κ3) is 3.89. The van der Waals surface area contributed by atoms with E-state index in [1.165, 1.54) is 0 Å². The van der Waals surface area contributed by atoms with E-state index in [0.29, 0.717) is 31.1 Å². The fraction of sp³-hybridized carbons (Fsp3) is 0.300. The Morgan fingerprint density at radius 3 is 2.73 bits per heavy atom. The fourth-order valence-corrected chi connectivity index (χ4v) is 3.39. The number of amides is 2. The molecule has 1 atom stereocenters. The third-order valence-corrected chi connectivity index (χ3v) is 4.89. The molecule has 0 aromatic heterocycles. The highest BCUT2D eigenvalue weighted by atomic mass is 35.5. The molecule has 0 bridgehead atoms. The van der Waals surface area contributed by atoms with Crippen LogP contribution in [0.4, 0.5) is 0 Å². The summed E-state index contributed by atoms with van der Waals surface area (Å²) in [6.45, 7) is 1.06. The van der Waals surface area contributed by atoms with Crippen LogP contribution in [-0.2, 0) is 27.3 Å². The van der Waals surface area contributed by atoms with E-state index >= 15 is 0 Å². The lowest BCUT2D eigenvalue weighted by Gasteiger charge is -2.36. The molecule has 0 saturated carbocycles. The first-order valence-electron chi connectivity index (χ1n) is 8.49. The van der Waals surface area contributed by atoms with E-state index in [2.05, 4.69) is 5.32 Å². The van der Waals surface area contributed by atoms with Gasteiger partial charge in [0.2, 0.25) is 11.8 Å². The lowest BCUT2D eigenvalue weighted by molar-refractivity contribution is -0.142. The van der Waals surface area contributed by atoms with Gasteiger partial charge in [0.25, 0.3) is 0 Å². The van der Waals surface area contributed by atoms with E-state index < -0.39 is 6.04 Å². The van der Waals surface area contributed by atoms with Gasteiger partial charge in [-0.15, -0.1) is 0 Å². The summed E-state index contributed by atoms with van der Waals surface area (Å²) in [7, 11) is 1.58. The highest BCUT2D eigenvalue weighted by molar-refractivity contribution is 6.31.